The molecule has 0 bridgehead atoms. The molecule has 1 amide bonds. The second-order valence-corrected chi connectivity index (χ2v) is 7.40. The SMILES string of the molecule is CS(=O)(=O)Cc1ccc(C(=O)NC2CCNCC2)cc1. The summed E-state index contributed by atoms with van der Waals surface area (Å²) in [7, 11) is -3.04. The summed E-state index contributed by atoms with van der Waals surface area (Å²) in [6.45, 7) is 1.86. The van der Waals surface area contributed by atoms with E-state index in [2.05, 4.69) is 10.6 Å². The van der Waals surface area contributed by atoms with Crippen LogP contribution < -0.4 is 10.6 Å². The number of carbonyl (C=O) groups excluding carboxylic acids is 1. The zero-order valence-electron chi connectivity index (χ0n) is 11.6. The first-order chi connectivity index (χ1) is 9.44. The zero-order chi connectivity index (χ0) is 14.6. The Balaban J connectivity index is 1.96. The van der Waals surface area contributed by atoms with Crippen LogP contribution in [0.3, 0.4) is 0 Å². The molecule has 1 aromatic rings. The molecule has 1 aliphatic heterocycles. The monoisotopic (exact) mass is 296 g/mol. The van der Waals surface area contributed by atoms with Crippen molar-refractivity contribution in [1.82, 2.24) is 10.6 Å². The average Bonchev–Trinajstić information content (AvgIpc) is 2.39. The highest BCUT2D eigenvalue weighted by atomic mass is 32.2. The number of nitrogens with one attached hydrogen (secondary N) is 2. The highest BCUT2D eigenvalue weighted by Gasteiger charge is 2.16. The molecule has 0 saturated carbocycles. The van der Waals surface area contributed by atoms with E-state index < -0.39 is 9.84 Å². The first-order valence-electron chi connectivity index (χ1n) is 6.72. The Kier molecular flexibility index (Phi) is 4.77. The minimum Gasteiger partial charge on any atom is -0.349 e. The predicted octanol–water partition coefficient (Wildman–Crippen LogP) is 0.713. The third-order valence-electron chi connectivity index (χ3n) is 3.32. The molecule has 0 radical (unpaired) electrons. The van der Waals surface area contributed by atoms with Crippen LogP contribution in [0.5, 0.6) is 0 Å². The molecule has 0 atom stereocenters. The lowest BCUT2D eigenvalue weighted by Gasteiger charge is -2.23. The fourth-order valence-corrected chi connectivity index (χ4v) is 3.09. The van der Waals surface area contributed by atoms with Gasteiger partial charge in [0.1, 0.15) is 0 Å². The molecule has 110 valence electrons. The number of benzene rings is 1. The highest BCUT2D eigenvalue weighted by molar-refractivity contribution is 7.89. The van der Waals surface area contributed by atoms with Gasteiger partial charge in [-0.2, -0.15) is 0 Å². The Labute approximate surface area is 119 Å². The van der Waals surface area contributed by atoms with Gasteiger partial charge in [-0.25, -0.2) is 8.42 Å². The number of hydrogen-bond donors (Lipinski definition) is 2. The van der Waals surface area contributed by atoms with Crippen LogP contribution in [-0.4, -0.2) is 39.7 Å². The van der Waals surface area contributed by atoms with Gasteiger partial charge in [0.25, 0.3) is 5.91 Å². The predicted molar refractivity (Wildman–Crippen MR) is 78.3 cm³/mol. The van der Waals surface area contributed by atoms with Crippen LogP contribution in [0.2, 0.25) is 0 Å². The van der Waals surface area contributed by atoms with Crippen molar-refractivity contribution in [2.45, 2.75) is 24.6 Å². The molecule has 0 spiro atoms. The van der Waals surface area contributed by atoms with Crippen molar-refractivity contribution in [2.24, 2.45) is 0 Å². The van der Waals surface area contributed by atoms with Crippen LogP contribution in [0, 0.1) is 0 Å². The van der Waals surface area contributed by atoms with Gasteiger partial charge < -0.3 is 10.6 Å². The molecular weight excluding hydrogens is 276 g/mol. The lowest BCUT2D eigenvalue weighted by Crippen LogP contribution is -2.42. The van der Waals surface area contributed by atoms with Crippen LogP contribution in [0.15, 0.2) is 24.3 Å². The van der Waals surface area contributed by atoms with Crippen LogP contribution in [-0.2, 0) is 15.6 Å². The number of piperidine rings is 1. The normalized spacial score (nSPS) is 16.9. The van der Waals surface area contributed by atoms with E-state index in [1.165, 1.54) is 6.26 Å². The van der Waals surface area contributed by atoms with Gasteiger partial charge in [0, 0.05) is 17.9 Å². The molecular formula is C14H20N2O3S. The third-order valence-corrected chi connectivity index (χ3v) is 4.18. The van der Waals surface area contributed by atoms with E-state index in [9.17, 15) is 13.2 Å². The summed E-state index contributed by atoms with van der Waals surface area (Å²) in [6.07, 6.45) is 3.08. The van der Waals surface area contributed by atoms with Gasteiger partial charge in [0.15, 0.2) is 9.84 Å². The molecule has 1 heterocycles. The number of carbonyl (C=O) groups is 1. The van der Waals surface area contributed by atoms with E-state index in [4.69, 9.17) is 0 Å². The van der Waals surface area contributed by atoms with Crippen LogP contribution in [0.25, 0.3) is 0 Å². The Bertz CT molecular complexity index is 561. The van der Waals surface area contributed by atoms with Crippen LogP contribution >= 0.6 is 0 Å². The summed E-state index contributed by atoms with van der Waals surface area (Å²) >= 11 is 0. The summed E-state index contributed by atoms with van der Waals surface area (Å²) in [5, 5.41) is 6.25. The Morgan fingerprint density at radius 3 is 2.40 bits per heavy atom. The third kappa shape index (κ3) is 4.61. The second kappa shape index (κ2) is 6.37. The van der Waals surface area contributed by atoms with Crippen molar-refractivity contribution in [1.29, 1.82) is 0 Å². The maximum Gasteiger partial charge on any atom is 0.251 e. The van der Waals surface area contributed by atoms with Crippen molar-refractivity contribution in [3.8, 4) is 0 Å². The molecule has 20 heavy (non-hydrogen) atoms. The first kappa shape index (κ1) is 15.0. The summed E-state index contributed by atoms with van der Waals surface area (Å²) in [6, 6.07) is 6.96. The Hall–Kier alpha value is -1.40. The number of amides is 1. The lowest BCUT2D eigenvalue weighted by atomic mass is 10.1. The van der Waals surface area contributed by atoms with Gasteiger partial charge >= 0.3 is 0 Å². The van der Waals surface area contributed by atoms with E-state index in [1.54, 1.807) is 24.3 Å². The van der Waals surface area contributed by atoms with Crippen molar-refractivity contribution in [2.75, 3.05) is 19.3 Å². The Morgan fingerprint density at radius 2 is 1.85 bits per heavy atom. The Morgan fingerprint density at radius 1 is 1.25 bits per heavy atom. The molecule has 6 heteroatoms. The van der Waals surface area contributed by atoms with Crippen molar-refractivity contribution in [3.05, 3.63) is 35.4 Å². The fourth-order valence-electron chi connectivity index (χ4n) is 2.29. The lowest BCUT2D eigenvalue weighted by molar-refractivity contribution is 0.0929. The quantitative estimate of drug-likeness (QED) is 0.858. The average molecular weight is 296 g/mol. The van der Waals surface area contributed by atoms with E-state index in [0.717, 1.165) is 25.9 Å². The molecule has 0 aliphatic carbocycles. The minimum atomic E-state index is -3.04. The zero-order valence-corrected chi connectivity index (χ0v) is 12.4. The minimum absolute atomic E-state index is 0.00317. The van der Waals surface area contributed by atoms with Crippen molar-refractivity contribution >= 4 is 15.7 Å². The highest BCUT2D eigenvalue weighted by Crippen LogP contribution is 2.09. The molecule has 1 fully saturated rings. The topological polar surface area (TPSA) is 75.3 Å². The molecule has 5 nitrogen and oxygen atoms in total. The van der Waals surface area contributed by atoms with E-state index in [0.29, 0.717) is 11.1 Å². The number of rotatable bonds is 4. The molecule has 0 aromatic heterocycles. The molecule has 1 aromatic carbocycles. The molecule has 1 saturated heterocycles. The van der Waals surface area contributed by atoms with E-state index in [-0.39, 0.29) is 17.7 Å². The summed E-state index contributed by atoms with van der Waals surface area (Å²) in [5.41, 5.74) is 1.27. The van der Waals surface area contributed by atoms with Gasteiger partial charge in [-0.1, -0.05) is 12.1 Å². The molecule has 0 unspecified atom stereocenters. The van der Waals surface area contributed by atoms with Gasteiger partial charge in [-0.05, 0) is 43.6 Å². The van der Waals surface area contributed by atoms with E-state index >= 15 is 0 Å². The summed E-state index contributed by atoms with van der Waals surface area (Å²) in [4.78, 5) is 12.1. The number of hydrogen-bond acceptors (Lipinski definition) is 4. The standard InChI is InChI=1S/C14H20N2O3S/c1-20(18,19)10-11-2-4-12(5-3-11)14(17)16-13-6-8-15-9-7-13/h2-5,13,15H,6-10H2,1H3,(H,16,17). The smallest absolute Gasteiger partial charge is 0.251 e. The van der Waals surface area contributed by atoms with E-state index in [1.807, 2.05) is 0 Å². The number of sulfone groups is 1. The maximum absolute atomic E-state index is 12.1. The van der Waals surface area contributed by atoms with Crippen LogP contribution in [0.1, 0.15) is 28.8 Å². The molecule has 2 N–H and O–H groups in total. The molecule has 2 rings (SSSR count). The maximum atomic E-state index is 12.1. The summed E-state index contributed by atoms with van der Waals surface area (Å²) in [5.74, 6) is -0.0915. The van der Waals surface area contributed by atoms with Gasteiger partial charge in [0.05, 0.1) is 5.75 Å². The first-order valence-corrected chi connectivity index (χ1v) is 8.78. The largest absolute Gasteiger partial charge is 0.349 e. The molecule has 1 aliphatic rings. The summed E-state index contributed by atoms with van der Waals surface area (Å²) < 4.78 is 22.4. The van der Waals surface area contributed by atoms with Gasteiger partial charge in [0.2, 0.25) is 0 Å². The second-order valence-electron chi connectivity index (χ2n) is 5.26. The van der Waals surface area contributed by atoms with Gasteiger partial charge in [-0.3, -0.25) is 4.79 Å². The van der Waals surface area contributed by atoms with Crippen molar-refractivity contribution < 1.29 is 13.2 Å². The van der Waals surface area contributed by atoms with Gasteiger partial charge in [-0.15, -0.1) is 0 Å². The van der Waals surface area contributed by atoms with Crippen molar-refractivity contribution in [3.63, 3.8) is 0 Å². The fraction of sp³-hybridized carbons (Fsp3) is 0.500. The van der Waals surface area contributed by atoms with Crippen LogP contribution in [0.4, 0.5) is 0 Å².